The third-order valence-electron chi connectivity index (χ3n) is 3.15. The Morgan fingerprint density at radius 2 is 1.75 bits per heavy atom. The van der Waals surface area contributed by atoms with Crippen LogP contribution in [0.5, 0.6) is 0 Å². The van der Waals surface area contributed by atoms with Gasteiger partial charge in [-0.25, -0.2) is 13.4 Å². The van der Waals surface area contributed by atoms with Crippen LogP contribution in [-0.2, 0) is 10.1 Å². The smallest absolute Gasteiger partial charge is 0.744 e. The van der Waals surface area contributed by atoms with Crippen molar-refractivity contribution >= 4 is 33.3 Å². The summed E-state index contributed by atoms with van der Waals surface area (Å²) in [6, 6.07) is 7.03. The van der Waals surface area contributed by atoms with Gasteiger partial charge in [0.1, 0.15) is 16.4 Å². The van der Waals surface area contributed by atoms with E-state index in [1.165, 1.54) is 30.6 Å². The van der Waals surface area contributed by atoms with Crippen LogP contribution in [-0.4, -0.2) is 27.5 Å². The number of halogens is 2. The predicted molar refractivity (Wildman–Crippen MR) is 84.8 cm³/mol. The van der Waals surface area contributed by atoms with Crippen LogP contribution < -0.4 is 29.6 Å². The summed E-state index contributed by atoms with van der Waals surface area (Å²) in [5.41, 5.74) is 1.67. The molecule has 0 bridgehead atoms. The Bertz CT molecular complexity index is 975. The number of rotatable bonds is 3. The van der Waals surface area contributed by atoms with Crippen LogP contribution in [0.4, 0.5) is 0 Å². The van der Waals surface area contributed by atoms with Gasteiger partial charge in [-0.15, -0.1) is 0 Å². The van der Waals surface area contributed by atoms with Gasteiger partial charge >= 0.3 is 29.6 Å². The van der Waals surface area contributed by atoms with Gasteiger partial charge in [-0.1, -0.05) is 23.2 Å². The van der Waals surface area contributed by atoms with Crippen molar-refractivity contribution in [2.24, 2.45) is 0 Å². The molecule has 2 heterocycles. The second-order valence-corrected chi connectivity index (χ2v) is 6.70. The molecule has 3 rings (SSSR count). The molecule has 10 heteroatoms. The van der Waals surface area contributed by atoms with Crippen LogP contribution in [0.1, 0.15) is 0 Å². The fourth-order valence-electron chi connectivity index (χ4n) is 2.09. The summed E-state index contributed by atoms with van der Waals surface area (Å²) in [6.45, 7) is 0. The maximum absolute atomic E-state index is 11.0. The van der Waals surface area contributed by atoms with E-state index in [1.54, 1.807) is 23.0 Å². The molecule has 0 radical (unpaired) electrons. The summed E-state index contributed by atoms with van der Waals surface area (Å²) in [6.07, 6.45) is 4.58. The van der Waals surface area contributed by atoms with Gasteiger partial charge in [0.2, 0.25) is 0 Å². The standard InChI is InChI=1S/C14H9Cl2N3O3S.Na/c15-12-5-6-17-7-11(12)13-14(16)18-8-19(13)9-1-3-10(4-2-9)23(20,21)22;/h1-8H,(H,20,21,22);/q;+1/p-1. The van der Waals surface area contributed by atoms with Gasteiger partial charge in [-0.2, -0.15) is 0 Å². The number of nitrogens with zero attached hydrogens (tertiary/aromatic N) is 3. The van der Waals surface area contributed by atoms with E-state index in [1.807, 2.05) is 0 Å². The minimum absolute atomic E-state index is 0. The van der Waals surface area contributed by atoms with Crippen LogP contribution in [0.25, 0.3) is 16.9 Å². The number of pyridine rings is 1. The monoisotopic (exact) mass is 391 g/mol. The Morgan fingerprint density at radius 1 is 1.08 bits per heavy atom. The van der Waals surface area contributed by atoms with Crippen molar-refractivity contribution in [3.8, 4) is 16.9 Å². The summed E-state index contributed by atoms with van der Waals surface area (Å²) < 4.78 is 34.6. The van der Waals surface area contributed by atoms with E-state index >= 15 is 0 Å². The van der Waals surface area contributed by atoms with E-state index in [0.717, 1.165) is 0 Å². The summed E-state index contributed by atoms with van der Waals surface area (Å²) in [4.78, 5) is 7.75. The third kappa shape index (κ3) is 3.83. The molecule has 0 saturated heterocycles. The zero-order valence-corrected chi connectivity index (χ0v) is 16.7. The third-order valence-corrected chi connectivity index (χ3v) is 4.61. The molecule has 0 unspecified atom stereocenters. The maximum atomic E-state index is 11.0. The second kappa shape index (κ2) is 7.53. The Labute approximate surface area is 170 Å². The fourth-order valence-corrected chi connectivity index (χ4v) is 2.99. The topological polar surface area (TPSA) is 87.9 Å². The molecular weight excluding hydrogens is 384 g/mol. The van der Waals surface area contributed by atoms with Crippen LogP contribution in [0.15, 0.2) is 53.9 Å². The normalized spacial score (nSPS) is 11.1. The minimum atomic E-state index is -4.50. The Morgan fingerprint density at radius 3 is 2.33 bits per heavy atom. The first-order valence-electron chi connectivity index (χ1n) is 6.27. The first-order chi connectivity index (χ1) is 10.9. The fraction of sp³-hybridized carbons (Fsp3) is 0. The van der Waals surface area contributed by atoms with Crippen LogP contribution >= 0.6 is 23.2 Å². The van der Waals surface area contributed by atoms with Crippen molar-refractivity contribution < 1.29 is 42.5 Å². The SMILES string of the molecule is O=S(=O)([O-])c1ccc(-n2cnc(Cl)c2-c2cnccc2Cl)cc1.[Na+]. The zero-order chi connectivity index (χ0) is 16.6. The van der Waals surface area contributed by atoms with E-state index in [2.05, 4.69) is 9.97 Å². The van der Waals surface area contributed by atoms with Gasteiger partial charge < -0.3 is 4.55 Å². The molecule has 0 aliphatic heterocycles. The van der Waals surface area contributed by atoms with E-state index < -0.39 is 10.1 Å². The molecule has 2 aromatic heterocycles. The molecule has 0 fully saturated rings. The number of imidazole rings is 1. The van der Waals surface area contributed by atoms with E-state index in [0.29, 0.717) is 22.0 Å². The molecule has 0 aliphatic rings. The molecule has 0 amide bonds. The summed E-state index contributed by atoms with van der Waals surface area (Å²) in [5.74, 6) is 0. The van der Waals surface area contributed by atoms with Gasteiger partial charge in [0.15, 0.2) is 5.15 Å². The van der Waals surface area contributed by atoms with E-state index in [-0.39, 0.29) is 39.6 Å². The Kier molecular flexibility index (Phi) is 6.09. The average molecular weight is 392 g/mol. The molecule has 0 N–H and O–H groups in total. The molecule has 1 aromatic carbocycles. The van der Waals surface area contributed by atoms with Crippen LogP contribution in [0.2, 0.25) is 10.2 Å². The molecule has 118 valence electrons. The summed E-state index contributed by atoms with van der Waals surface area (Å²) in [5, 5.41) is 0.669. The van der Waals surface area contributed by atoms with E-state index in [9.17, 15) is 13.0 Å². The first kappa shape index (κ1) is 19.4. The van der Waals surface area contributed by atoms with Gasteiger partial charge in [-0.3, -0.25) is 9.55 Å². The molecule has 0 atom stereocenters. The van der Waals surface area contributed by atoms with Gasteiger partial charge in [-0.05, 0) is 30.3 Å². The second-order valence-electron chi connectivity index (χ2n) is 4.56. The van der Waals surface area contributed by atoms with Crippen LogP contribution in [0, 0.1) is 0 Å². The molecular formula is C14H8Cl2N3NaO3S. The van der Waals surface area contributed by atoms with Crippen molar-refractivity contribution in [1.82, 2.24) is 14.5 Å². The van der Waals surface area contributed by atoms with Crippen molar-refractivity contribution in [2.45, 2.75) is 4.90 Å². The van der Waals surface area contributed by atoms with Crippen molar-refractivity contribution in [3.05, 3.63) is 59.2 Å². The summed E-state index contributed by atoms with van der Waals surface area (Å²) >= 11 is 12.3. The minimum Gasteiger partial charge on any atom is -0.744 e. The van der Waals surface area contributed by atoms with Crippen LogP contribution in [0.3, 0.4) is 0 Å². The van der Waals surface area contributed by atoms with Gasteiger partial charge in [0.05, 0.1) is 15.6 Å². The molecule has 0 aliphatic carbocycles. The van der Waals surface area contributed by atoms with Crippen molar-refractivity contribution in [3.63, 3.8) is 0 Å². The average Bonchev–Trinajstić information content (AvgIpc) is 2.89. The predicted octanol–water partition coefficient (Wildman–Crippen LogP) is 0.149. The number of hydrogen-bond acceptors (Lipinski definition) is 5. The molecule has 0 saturated carbocycles. The molecule has 0 spiro atoms. The number of hydrogen-bond donors (Lipinski definition) is 0. The zero-order valence-electron chi connectivity index (χ0n) is 12.3. The molecule has 3 aromatic rings. The Hall–Kier alpha value is -0.930. The maximum Gasteiger partial charge on any atom is 1.00 e. The summed E-state index contributed by atoms with van der Waals surface area (Å²) in [7, 11) is -4.50. The van der Waals surface area contributed by atoms with Gasteiger partial charge in [0, 0.05) is 23.6 Å². The van der Waals surface area contributed by atoms with Crippen molar-refractivity contribution in [2.75, 3.05) is 0 Å². The largest absolute Gasteiger partial charge is 1.00 e. The quantitative estimate of drug-likeness (QED) is 0.468. The van der Waals surface area contributed by atoms with Gasteiger partial charge in [0.25, 0.3) is 0 Å². The van der Waals surface area contributed by atoms with E-state index in [4.69, 9.17) is 23.2 Å². The number of benzene rings is 1. The molecule has 24 heavy (non-hydrogen) atoms. The van der Waals surface area contributed by atoms with Crippen molar-refractivity contribution in [1.29, 1.82) is 0 Å². The number of aromatic nitrogens is 3. The molecule has 6 nitrogen and oxygen atoms in total. The first-order valence-corrected chi connectivity index (χ1v) is 8.43. The Balaban J connectivity index is 0.00000208.